The van der Waals surface area contributed by atoms with Gasteiger partial charge in [0.25, 0.3) is 5.89 Å². The number of hydrogen-bond acceptors (Lipinski definition) is 6. The molecule has 3 aliphatic rings. The smallest absolute Gasteiger partial charge is 0.433 e. The molecule has 0 N–H and O–H groups in total. The predicted octanol–water partition coefficient (Wildman–Crippen LogP) is 5.36. The van der Waals surface area contributed by atoms with Gasteiger partial charge in [-0.15, -0.1) is 10.2 Å². The Labute approximate surface area is 184 Å². The molecule has 2 bridgehead atoms. The highest BCUT2D eigenvalue weighted by Gasteiger charge is 2.71. The molecular weight excluding hydrogens is 454 g/mol. The van der Waals surface area contributed by atoms with Crippen LogP contribution in [0.1, 0.15) is 36.7 Å². The first kappa shape index (κ1) is 21.0. The standard InChI is InChI=1S/C21H16ClF4N3O3/c22-14-3-1-12(5-15(14)23)31-11-19-8-20(9-19,10-19)18-29-28-17(32-18)7-30-13-2-4-16(27-6-13)21(24,25)26/h1-6H,7-11H2. The number of ether oxygens (including phenoxy) is 2. The Balaban J connectivity index is 1.13. The molecule has 0 spiro atoms. The number of aromatic nitrogens is 3. The summed E-state index contributed by atoms with van der Waals surface area (Å²) in [6.45, 7) is 0.382. The van der Waals surface area contributed by atoms with Crippen LogP contribution in [0, 0.1) is 11.2 Å². The van der Waals surface area contributed by atoms with Gasteiger partial charge in [-0.3, -0.25) is 0 Å². The molecule has 0 amide bonds. The molecule has 0 radical (unpaired) electrons. The largest absolute Gasteiger partial charge is 0.493 e. The third-order valence-electron chi connectivity index (χ3n) is 5.89. The summed E-state index contributed by atoms with van der Waals surface area (Å²) in [5.41, 5.74) is -1.17. The third kappa shape index (κ3) is 3.76. The van der Waals surface area contributed by atoms with E-state index < -0.39 is 17.7 Å². The zero-order chi connectivity index (χ0) is 22.6. The lowest BCUT2D eigenvalue weighted by molar-refractivity contribution is -0.174. The highest BCUT2D eigenvalue weighted by atomic mass is 35.5. The molecule has 6 nitrogen and oxygen atoms in total. The van der Waals surface area contributed by atoms with Crippen LogP contribution in [-0.2, 0) is 18.2 Å². The Morgan fingerprint density at radius 2 is 1.78 bits per heavy atom. The van der Waals surface area contributed by atoms with E-state index in [-0.39, 0.29) is 34.1 Å². The number of alkyl halides is 3. The van der Waals surface area contributed by atoms with Gasteiger partial charge in [-0.1, -0.05) is 11.6 Å². The van der Waals surface area contributed by atoms with E-state index in [9.17, 15) is 17.6 Å². The van der Waals surface area contributed by atoms with E-state index in [0.29, 0.717) is 18.2 Å². The first-order valence-electron chi connectivity index (χ1n) is 9.73. The molecule has 3 aliphatic carbocycles. The Hall–Kier alpha value is -2.88. The second-order valence-corrected chi connectivity index (χ2v) is 8.75. The maximum atomic E-state index is 13.5. The van der Waals surface area contributed by atoms with Gasteiger partial charge in [0.05, 0.1) is 23.2 Å². The van der Waals surface area contributed by atoms with Crippen molar-refractivity contribution in [3.8, 4) is 11.5 Å². The highest BCUT2D eigenvalue weighted by molar-refractivity contribution is 6.30. The summed E-state index contributed by atoms with van der Waals surface area (Å²) in [5, 5.41) is 8.13. The van der Waals surface area contributed by atoms with Crippen LogP contribution in [0.2, 0.25) is 5.02 Å². The molecule has 0 saturated heterocycles. The molecule has 0 unspecified atom stereocenters. The van der Waals surface area contributed by atoms with Crippen molar-refractivity contribution in [3.05, 3.63) is 64.8 Å². The van der Waals surface area contributed by atoms with Crippen molar-refractivity contribution in [1.82, 2.24) is 15.2 Å². The van der Waals surface area contributed by atoms with Gasteiger partial charge in [0.15, 0.2) is 6.61 Å². The lowest BCUT2D eigenvalue weighted by Crippen LogP contribution is -2.66. The van der Waals surface area contributed by atoms with E-state index in [4.69, 9.17) is 25.5 Å². The Bertz CT molecular complexity index is 1130. The molecule has 3 aromatic rings. The van der Waals surface area contributed by atoms with Gasteiger partial charge < -0.3 is 13.9 Å². The molecular formula is C21H16ClF4N3O3. The van der Waals surface area contributed by atoms with Crippen LogP contribution in [0.3, 0.4) is 0 Å². The fraction of sp³-hybridized carbons (Fsp3) is 0.381. The summed E-state index contributed by atoms with van der Waals surface area (Å²) in [4.78, 5) is 3.34. The number of benzene rings is 1. The summed E-state index contributed by atoms with van der Waals surface area (Å²) >= 11 is 5.68. The van der Waals surface area contributed by atoms with Crippen LogP contribution < -0.4 is 9.47 Å². The average Bonchev–Trinajstić information content (AvgIpc) is 3.15. The molecule has 32 heavy (non-hydrogen) atoms. The van der Waals surface area contributed by atoms with Crippen LogP contribution in [0.15, 0.2) is 40.9 Å². The number of halogens is 5. The molecule has 3 saturated carbocycles. The molecule has 168 valence electrons. The zero-order valence-electron chi connectivity index (χ0n) is 16.5. The lowest BCUT2D eigenvalue weighted by Gasteiger charge is -2.68. The van der Waals surface area contributed by atoms with Crippen molar-refractivity contribution in [2.75, 3.05) is 6.61 Å². The van der Waals surface area contributed by atoms with Crippen molar-refractivity contribution in [2.24, 2.45) is 5.41 Å². The SMILES string of the molecule is Fc1cc(OCC23CC(c4nnc(COc5ccc(C(F)(F)F)nc5)o4)(C2)C3)ccc1Cl. The average molecular weight is 470 g/mol. The second kappa shape index (κ2) is 7.33. The first-order valence-corrected chi connectivity index (χ1v) is 10.1. The lowest BCUT2D eigenvalue weighted by atomic mass is 9.35. The normalized spacial score (nSPS) is 23.9. The second-order valence-electron chi connectivity index (χ2n) is 8.34. The van der Waals surface area contributed by atoms with Gasteiger partial charge >= 0.3 is 6.18 Å². The minimum atomic E-state index is -4.50. The van der Waals surface area contributed by atoms with Gasteiger partial charge in [-0.2, -0.15) is 13.2 Å². The van der Waals surface area contributed by atoms with Gasteiger partial charge in [-0.25, -0.2) is 9.37 Å². The van der Waals surface area contributed by atoms with E-state index in [2.05, 4.69) is 15.2 Å². The number of pyridine rings is 1. The number of hydrogen-bond donors (Lipinski definition) is 0. The molecule has 3 fully saturated rings. The van der Waals surface area contributed by atoms with Crippen LogP contribution in [-0.4, -0.2) is 21.8 Å². The minimum absolute atomic E-state index is 0.00709. The van der Waals surface area contributed by atoms with Crippen LogP contribution in [0.4, 0.5) is 17.6 Å². The molecule has 2 aromatic heterocycles. The summed E-state index contributed by atoms with van der Waals surface area (Å²) in [6.07, 6.45) is -1.04. The molecule has 0 aliphatic heterocycles. The molecule has 6 rings (SSSR count). The third-order valence-corrected chi connectivity index (χ3v) is 6.19. The molecule has 2 heterocycles. The maximum absolute atomic E-state index is 13.5. The highest BCUT2D eigenvalue weighted by Crippen LogP contribution is 2.73. The van der Waals surface area contributed by atoms with Crippen LogP contribution in [0.25, 0.3) is 0 Å². The van der Waals surface area contributed by atoms with E-state index in [1.54, 1.807) is 6.07 Å². The Morgan fingerprint density at radius 1 is 1.03 bits per heavy atom. The summed E-state index contributed by atoms with van der Waals surface area (Å²) in [5.74, 6) is 0.817. The topological polar surface area (TPSA) is 70.3 Å². The molecule has 11 heteroatoms. The van der Waals surface area contributed by atoms with Crippen molar-refractivity contribution in [1.29, 1.82) is 0 Å². The zero-order valence-corrected chi connectivity index (χ0v) is 17.2. The van der Waals surface area contributed by atoms with Crippen molar-refractivity contribution >= 4 is 11.6 Å². The van der Waals surface area contributed by atoms with E-state index in [1.807, 2.05) is 0 Å². The summed E-state index contributed by atoms with van der Waals surface area (Å²) in [7, 11) is 0. The quantitative estimate of drug-likeness (QED) is 0.434. The van der Waals surface area contributed by atoms with Gasteiger partial charge in [0, 0.05) is 11.5 Å². The summed E-state index contributed by atoms with van der Waals surface area (Å²) in [6, 6.07) is 6.38. The van der Waals surface area contributed by atoms with E-state index >= 15 is 0 Å². The van der Waals surface area contributed by atoms with Crippen LogP contribution >= 0.6 is 11.6 Å². The predicted molar refractivity (Wildman–Crippen MR) is 103 cm³/mol. The van der Waals surface area contributed by atoms with Gasteiger partial charge in [-0.05, 0) is 43.5 Å². The minimum Gasteiger partial charge on any atom is -0.493 e. The fourth-order valence-electron chi connectivity index (χ4n) is 4.49. The van der Waals surface area contributed by atoms with Gasteiger partial charge in [0.1, 0.15) is 23.0 Å². The maximum Gasteiger partial charge on any atom is 0.433 e. The number of rotatable bonds is 7. The van der Waals surface area contributed by atoms with Crippen LogP contribution in [0.5, 0.6) is 11.5 Å². The summed E-state index contributed by atoms with van der Waals surface area (Å²) < 4.78 is 68.0. The van der Waals surface area contributed by atoms with Gasteiger partial charge in [0.2, 0.25) is 5.89 Å². The van der Waals surface area contributed by atoms with Crippen molar-refractivity contribution < 1.29 is 31.5 Å². The van der Waals surface area contributed by atoms with Crippen molar-refractivity contribution in [3.63, 3.8) is 0 Å². The van der Waals surface area contributed by atoms with Crippen molar-refractivity contribution in [2.45, 2.75) is 37.5 Å². The van der Waals surface area contributed by atoms with E-state index in [1.165, 1.54) is 18.2 Å². The Morgan fingerprint density at radius 3 is 2.44 bits per heavy atom. The fourth-order valence-corrected chi connectivity index (χ4v) is 4.60. The monoisotopic (exact) mass is 469 g/mol. The first-order chi connectivity index (χ1) is 15.2. The molecule has 0 atom stereocenters. The Kier molecular flexibility index (Phi) is 4.81. The van der Waals surface area contributed by atoms with E-state index in [0.717, 1.165) is 31.5 Å². The number of nitrogens with zero attached hydrogens (tertiary/aromatic N) is 3. The molecule has 1 aromatic carbocycles.